The van der Waals surface area contributed by atoms with E-state index in [4.69, 9.17) is 16.6 Å². The summed E-state index contributed by atoms with van der Waals surface area (Å²) < 4.78 is 2.04. The summed E-state index contributed by atoms with van der Waals surface area (Å²) in [5, 5.41) is 8.99. The van der Waals surface area contributed by atoms with E-state index in [1.54, 1.807) is 6.07 Å². The Morgan fingerprint density at radius 3 is 2.70 bits per heavy atom. The van der Waals surface area contributed by atoms with Crippen molar-refractivity contribution >= 4 is 17.3 Å². The van der Waals surface area contributed by atoms with Crippen molar-refractivity contribution in [1.29, 1.82) is 0 Å². The molecule has 0 spiro atoms. The molecule has 1 aliphatic rings. The van der Waals surface area contributed by atoms with Gasteiger partial charge in [-0.25, -0.2) is 4.98 Å². The van der Waals surface area contributed by atoms with Crippen LogP contribution >= 0.6 is 11.6 Å². The van der Waals surface area contributed by atoms with Gasteiger partial charge in [-0.2, -0.15) is 0 Å². The Balaban J connectivity index is 2.00. The second-order valence-corrected chi connectivity index (χ2v) is 5.64. The molecule has 0 radical (unpaired) electrons. The van der Waals surface area contributed by atoms with E-state index < -0.39 is 0 Å². The SMILES string of the molecule is CCc1nnc2n1-c1ccc(Cl)nc1C(c1ccccc1)=NC2. The van der Waals surface area contributed by atoms with Gasteiger partial charge in [0.15, 0.2) is 5.82 Å². The summed E-state index contributed by atoms with van der Waals surface area (Å²) >= 11 is 6.15. The number of aliphatic imine (C=N–C) groups is 1. The third kappa shape index (κ3) is 2.33. The molecule has 0 N–H and O–H groups in total. The number of halogens is 1. The van der Waals surface area contributed by atoms with E-state index in [2.05, 4.69) is 22.1 Å². The smallest absolute Gasteiger partial charge is 0.159 e. The van der Waals surface area contributed by atoms with Crippen LogP contribution in [-0.4, -0.2) is 25.5 Å². The van der Waals surface area contributed by atoms with Crippen LogP contribution < -0.4 is 0 Å². The molecule has 4 rings (SSSR count). The van der Waals surface area contributed by atoms with Gasteiger partial charge in [0.05, 0.1) is 11.4 Å². The molecule has 114 valence electrons. The molecule has 0 atom stereocenters. The molecule has 0 bridgehead atoms. The van der Waals surface area contributed by atoms with E-state index in [0.717, 1.165) is 40.7 Å². The molecule has 6 heteroatoms. The van der Waals surface area contributed by atoms with Crippen LogP contribution in [0.3, 0.4) is 0 Å². The third-order valence-corrected chi connectivity index (χ3v) is 4.05. The van der Waals surface area contributed by atoms with Crippen molar-refractivity contribution in [3.8, 4) is 5.69 Å². The van der Waals surface area contributed by atoms with Crippen molar-refractivity contribution in [3.63, 3.8) is 0 Å². The normalized spacial score (nSPS) is 13.0. The van der Waals surface area contributed by atoms with Crippen LogP contribution in [0.4, 0.5) is 0 Å². The maximum atomic E-state index is 6.15. The average molecular weight is 324 g/mol. The number of nitrogens with zero attached hydrogens (tertiary/aromatic N) is 5. The first kappa shape index (κ1) is 14.1. The molecule has 2 aromatic heterocycles. The van der Waals surface area contributed by atoms with Gasteiger partial charge in [0, 0.05) is 12.0 Å². The molecule has 0 saturated carbocycles. The minimum Gasteiger partial charge on any atom is -0.279 e. The van der Waals surface area contributed by atoms with Crippen molar-refractivity contribution in [3.05, 3.63) is 70.5 Å². The van der Waals surface area contributed by atoms with E-state index in [0.29, 0.717) is 11.7 Å². The summed E-state index contributed by atoms with van der Waals surface area (Å²) in [5.74, 6) is 1.72. The number of hydrogen-bond donors (Lipinski definition) is 0. The second kappa shape index (κ2) is 5.59. The maximum absolute atomic E-state index is 6.15. The highest BCUT2D eigenvalue weighted by Gasteiger charge is 2.23. The standard InChI is InChI=1S/C17H14ClN5/c1-2-14-21-22-15-10-19-16(11-6-4-3-5-7-11)17-12(23(14)15)8-9-13(18)20-17/h3-9H,2,10H2,1H3. The third-order valence-electron chi connectivity index (χ3n) is 3.84. The van der Waals surface area contributed by atoms with Gasteiger partial charge in [-0.15, -0.1) is 10.2 Å². The first-order valence-corrected chi connectivity index (χ1v) is 7.86. The monoisotopic (exact) mass is 323 g/mol. The number of benzene rings is 1. The zero-order valence-corrected chi connectivity index (χ0v) is 13.3. The van der Waals surface area contributed by atoms with Crippen LogP contribution in [-0.2, 0) is 13.0 Å². The summed E-state index contributed by atoms with van der Waals surface area (Å²) in [6, 6.07) is 13.8. The van der Waals surface area contributed by atoms with Crippen LogP contribution in [0.25, 0.3) is 5.69 Å². The molecule has 3 aromatic rings. The van der Waals surface area contributed by atoms with Gasteiger partial charge in [-0.05, 0) is 12.1 Å². The van der Waals surface area contributed by atoms with Crippen molar-refractivity contribution in [1.82, 2.24) is 19.7 Å². The van der Waals surface area contributed by atoms with E-state index in [9.17, 15) is 0 Å². The number of aromatic nitrogens is 4. The highest BCUT2D eigenvalue weighted by atomic mass is 35.5. The summed E-state index contributed by atoms with van der Waals surface area (Å²) in [6.45, 7) is 2.52. The molecule has 0 aliphatic carbocycles. The number of fused-ring (bicyclic) bond motifs is 3. The van der Waals surface area contributed by atoms with Crippen molar-refractivity contribution < 1.29 is 0 Å². The number of aryl methyl sites for hydroxylation is 1. The molecule has 23 heavy (non-hydrogen) atoms. The lowest BCUT2D eigenvalue weighted by atomic mass is 10.1. The molecule has 1 aromatic carbocycles. The van der Waals surface area contributed by atoms with E-state index in [1.807, 2.05) is 41.0 Å². The number of pyridine rings is 1. The van der Waals surface area contributed by atoms with Gasteiger partial charge in [-0.1, -0.05) is 48.9 Å². The topological polar surface area (TPSA) is 56.0 Å². The van der Waals surface area contributed by atoms with Gasteiger partial charge in [-0.3, -0.25) is 9.56 Å². The highest BCUT2D eigenvalue weighted by Crippen LogP contribution is 2.26. The van der Waals surface area contributed by atoms with Crippen molar-refractivity contribution in [2.24, 2.45) is 4.99 Å². The largest absolute Gasteiger partial charge is 0.279 e. The fraction of sp³-hybridized carbons (Fsp3) is 0.176. The van der Waals surface area contributed by atoms with Crippen molar-refractivity contribution in [2.45, 2.75) is 19.9 Å². The van der Waals surface area contributed by atoms with Gasteiger partial charge in [0.25, 0.3) is 0 Å². The summed E-state index contributed by atoms with van der Waals surface area (Å²) in [4.78, 5) is 9.28. The molecule has 0 saturated heterocycles. The molecule has 1 aliphatic heterocycles. The van der Waals surface area contributed by atoms with Gasteiger partial charge < -0.3 is 0 Å². The Morgan fingerprint density at radius 1 is 1.09 bits per heavy atom. The van der Waals surface area contributed by atoms with E-state index >= 15 is 0 Å². The van der Waals surface area contributed by atoms with E-state index in [1.165, 1.54) is 0 Å². The molecule has 0 amide bonds. The van der Waals surface area contributed by atoms with Gasteiger partial charge >= 0.3 is 0 Å². The van der Waals surface area contributed by atoms with Crippen LogP contribution in [0.5, 0.6) is 0 Å². The molecule has 0 fully saturated rings. The minimum atomic E-state index is 0.446. The number of rotatable bonds is 2. The van der Waals surface area contributed by atoms with Crippen LogP contribution in [0.1, 0.15) is 29.8 Å². The van der Waals surface area contributed by atoms with E-state index in [-0.39, 0.29) is 0 Å². The summed E-state index contributed by atoms with van der Waals surface area (Å²) in [5.41, 5.74) is 3.53. The van der Waals surface area contributed by atoms with Crippen LogP contribution in [0.2, 0.25) is 5.15 Å². The van der Waals surface area contributed by atoms with Crippen molar-refractivity contribution in [2.75, 3.05) is 0 Å². The Morgan fingerprint density at radius 2 is 1.91 bits per heavy atom. The zero-order chi connectivity index (χ0) is 15.8. The first-order valence-electron chi connectivity index (χ1n) is 7.48. The lowest BCUT2D eigenvalue weighted by molar-refractivity contribution is 0.837. The first-order chi connectivity index (χ1) is 11.3. The second-order valence-electron chi connectivity index (χ2n) is 5.25. The summed E-state index contributed by atoms with van der Waals surface area (Å²) in [7, 11) is 0. The molecule has 3 heterocycles. The summed E-state index contributed by atoms with van der Waals surface area (Å²) in [6.07, 6.45) is 0.787. The minimum absolute atomic E-state index is 0.446. The van der Waals surface area contributed by atoms with Crippen LogP contribution in [0.15, 0.2) is 47.5 Å². The highest BCUT2D eigenvalue weighted by molar-refractivity contribution is 6.29. The zero-order valence-electron chi connectivity index (χ0n) is 12.6. The quantitative estimate of drug-likeness (QED) is 0.680. The van der Waals surface area contributed by atoms with Gasteiger partial charge in [0.2, 0.25) is 0 Å². The molecule has 5 nitrogen and oxygen atoms in total. The Hall–Kier alpha value is -2.53. The fourth-order valence-corrected chi connectivity index (χ4v) is 2.94. The maximum Gasteiger partial charge on any atom is 0.159 e. The predicted molar refractivity (Wildman–Crippen MR) is 89.3 cm³/mol. The molecule has 0 unspecified atom stereocenters. The average Bonchev–Trinajstić information content (AvgIpc) is 2.92. The Kier molecular flexibility index (Phi) is 3.42. The Bertz CT molecular complexity index is 899. The fourth-order valence-electron chi connectivity index (χ4n) is 2.79. The lowest BCUT2D eigenvalue weighted by Crippen LogP contribution is -2.11. The van der Waals surface area contributed by atoms with Crippen LogP contribution in [0, 0.1) is 0 Å². The number of hydrogen-bond acceptors (Lipinski definition) is 4. The lowest BCUT2D eigenvalue weighted by Gasteiger charge is -2.12. The Labute approximate surface area is 138 Å². The molecular formula is C17H14ClN5. The molecular weight excluding hydrogens is 310 g/mol. The predicted octanol–water partition coefficient (Wildman–Crippen LogP) is 3.23. The van der Waals surface area contributed by atoms with Gasteiger partial charge in [0.1, 0.15) is 23.2 Å².